The van der Waals surface area contributed by atoms with Crippen molar-refractivity contribution in [1.82, 2.24) is 5.32 Å². The van der Waals surface area contributed by atoms with Crippen molar-refractivity contribution in [3.8, 4) is 5.75 Å². The lowest BCUT2D eigenvalue weighted by Crippen LogP contribution is -2.34. The van der Waals surface area contributed by atoms with E-state index in [-0.39, 0.29) is 15.8 Å². The van der Waals surface area contributed by atoms with Crippen LogP contribution in [-0.2, 0) is 12.6 Å². The van der Waals surface area contributed by atoms with Crippen molar-refractivity contribution in [2.75, 3.05) is 11.9 Å². The minimum absolute atomic E-state index is 0.0339. The highest BCUT2D eigenvalue weighted by Crippen LogP contribution is 2.33. The number of alkyl halides is 3. The normalized spacial score (nSPS) is 11.0. The number of benzene rings is 3. The summed E-state index contributed by atoms with van der Waals surface area (Å²) in [4.78, 5) is 12.4. The summed E-state index contributed by atoms with van der Waals surface area (Å²) in [6.07, 6.45) is -3.78. The third kappa shape index (κ3) is 6.70. The van der Waals surface area contributed by atoms with Crippen LogP contribution in [0, 0.1) is 0 Å². The van der Waals surface area contributed by atoms with Gasteiger partial charge in [-0.15, -0.1) is 0 Å². The Labute approximate surface area is 193 Å². The Balaban J connectivity index is 1.53. The van der Waals surface area contributed by atoms with E-state index in [9.17, 15) is 18.0 Å². The van der Waals surface area contributed by atoms with Crippen molar-refractivity contribution in [2.45, 2.75) is 12.6 Å². The summed E-state index contributed by atoms with van der Waals surface area (Å²) in [5, 5.41) is 4.79. The Bertz CT molecular complexity index is 1090. The number of rotatable bonds is 6. The molecular weight excluding hydrogens is 461 g/mol. The first-order valence-corrected chi connectivity index (χ1v) is 10.3. The molecular formula is C23H18ClF3N2O2S. The van der Waals surface area contributed by atoms with Crippen LogP contribution in [0.1, 0.15) is 21.5 Å². The largest absolute Gasteiger partial charge is 0.493 e. The maximum Gasteiger partial charge on any atom is 0.416 e. The fraction of sp³-hybridized carbons (Fsp3) is 0.130. The van der Waals surface area contributed by atoms with E-state index in [4.69, 9.17) is 28.6 Å². The number of hydrogen-bond acceptors (Lipinski definition) is 3. The predicted molar refractivity (Wildman–Crippen MR) is 122 cm³/mol. The average Bonchev–Trinajstić information content (AvgIpc) is 2.75. The number of halogens is 4. The Morgan fingerprint density at radius 3 is 2.34 bits per heavy atom. The van der Waals surface area contributed by atoms with Gasteiger partial charge in [-0.05, 0) is 60.2 Å². The van der Waals surface area contributed by atoms with Crippen molar-refractivity contribution in [3.63, 3.8) is 0 Å². The highest BCUT2D eigenvalue weighted by Gasteiger charge is 2.31. The molecule has 0 aliphatic rings. The first-order chi connectivity index (χ1) is 15.2. The lowest BCUT2D eigenvalue weighted by molar-refractivity contribution is -0.137. The lowest BCUT2D eigenvalue weighted by Gasteiger charge is -2.14. The summed E-state index contributed by atoms with van der Waals surface area (Å²) in [5.74, 6) is 0.0790. The highest BCUT2D eigenvalue weighted by atomic mass is 35.5. The molecule has 3 aromatic carbocycles. The topological polar surface area (TPSA) is 50.4 Å². The molecule has 3 aromatic rings. The molecule has 3 rings (SSSR count). The molecule has 0 atom stereocenters. The van der Waals surface area contributed by atoms with Gasteiger partial charge in [0.15, 0.2) is 5.11 Å². The van der Waals surface area contributed by atoms with E-state index in [0.717, 1.165) is 30.2 Å². The average molecular weight is 479 g/mol. The standard InChI is InChI=1S/C23H18ClF3N2O2S/c24-19-11-8-17(23(25,26)27)14-20(19)28-22(32)29-21(30)16-6-9-18(10-7-16)31-13-12-15-4-2-1-3-5-15/h1-11,14H,12-13H2,(H2,28,29,30,32). The second kappa shape index (κ2) is 10.5. The number of amides is 1. The van der Waals surface area contributed by atoms with Gasteiger partial charge in [0.1, 0.15) is 5.75 Å². The van der Waals surface area contributed by atoms with E-state index in [0.29, 0.717) is 17.9 Å². The van der Waals surface area contributed by atoms with Crippen LogP contribution in [0.5, 0.6) is 5.75 Å². The zero-order valence-electron chi connectivity index (χ0n) is 16.6. The van der Waals surface area contributed by atoms with Gasteiger partial charge in [-0.3, -0.25) is 10.1 Å². The number of nitrogens with one attached hydrogen (secondary N) is 2. The van der Waals surface area contributed by atoms with Gasteiger partial charge in [0, 0.05) is 12.0 Å². The van der Waals surface area contributed by atoms with E-state index in [1.54, 1.807) is 24.3 Å². The fourth-order valence-electron chi connectivity index (χ4n) is 2.76. The van der Waals surface area contributed by atoms with Gasteiger partial charge in [0.05, 0.1) is 22.9 Å². The molecule has 0 spiro atoms. The van der Waals surface area contributed by atoms with Gasteiger partial charge >= 0.3 is 6.18 Å². The van der Waals surface area contributed by atoms with Crippen LogP contribution in [0.15, 0.2) is 72.8 Å². The van der Waals surface area contributed by atoms with Crippen LogP contribution >= 0.6 is 23.8 Å². The van der Waals surface area contributed by atoms with Gasteiger partial charge in [0.25, 0.3) is 5.91 Å². The van der Waals surface area contributed by atoms with E-state index in [1.165, 1.54) is 0 Å². The number of ether oxygens (including phenoxy) is 1. The molecule has 4 nitrogen and oxygen atoms in total. The summed E-state index contributed by atoms with van der Waals surface area (Å²) in [6, 6.07) is 19.1. The third-order valence-corrected chi connectivity index (χ3v) is 4.92. The Morgan fingerprint density at radius 2 is 1.69 bits per heavy atom. The van der Waals surface area contributed by atoms with Crippen molar-refractivity contribution >= 4 is 40.5 Å². The molecule has 0 bridgehead atoms. The molecule has 9 heteroatoms. The van der Waals surface area contributed by atoms with Crippen LogP contribution in [0.3, 0.4) is 0 Å². The van der Waals surface area contributed by atoms with Gasteiger partial charge in [0.2, 0.25) is 0 Å². The number of hydrogen-bond donors (Lipinski definition) is 2. The zero-order valence-corrected chi connectivity index (χ0v) is 18.2. The Kier molecular flexibility index (Phi) is 7.71. The monoisotopic (exact) mass is 478 g/mol. The molecule has 0 fully saturated rings. The first kappa shape index (κ1) is 23.6. The number of anilines is 1. The summed E-state index contributed by atoms with van der Waals surface area (Å²) in [5.41, 5.74) is 0.514. The molecule has 2 N–H and O–H groups in total. The SMILES string of the molecule is O=C(NC(=S)Nc1cc(C(F)(F)F)ccc1Cl)c1ccc(OCCc2ccccc2)cc1. The van der Waals surface area contributed by atoms with Gasteiger partial charge in [-0.25, -0.2) is 0 Å². The van der Waals surface area contributed by atoms with Crippen molar-refractivity contribution in [2.24, 2.45) is 0 Å². The second-order valence-corrected chi connectivity index (χ2v) is 7.52. The van der Waals surface area contributed by atoms with E-state index in [2.05, 4.69) is 10.6 Å². The van der Waals surface area contributed by atoms with Crippen LogP contribution < -0.4 is 15.4 Å². The molecule has 0 saturated carbocycles. The van der Waals surface area contributed by atoms with E-state index in [1.807, 2.05) is 30.3 Å². The van der Waals surface area contributed by atoms with Crippen LogP contribution in [0.4, 0.5) is 18.9 Å². The summed E-state index contributed by atoms with van der Waals surface area (Å²) >= 11 is 11.0. The quantitative estimate of drug-likeness (QED) is 0.420. The van der Waals surface area contributed by atoms with Crippen LogP contribution in [-0.4, -0.2) is 17.6 Å². The molecule has 0 aromatic heterocycles. The summed E-state index contributed by atoms with van der Waals surface area (Å²) in [7, 11) is 0. The minimum Gasteiger partial charge on any atom is -0.493 e. The molecule has 32 heavy (non-hydrogen) atoms. The molecule has 166 valence electrons. The fourth-order valence-corrected chi connectivity index (χ4v) is 3.13. The number of thiocarbonyl (C=S) groups is 1. The summed E-state index contributed by atoms with van der Waals surface area (Å²) in [6.45, 7) is 0.487. The molecule has 0 heterocycles. The summed E-state index contributed by atoms with van der Waals surface area (Å²) < 4.78 is 44.3. The van der Waals surface area contributed by atoms with Crippen LogP contribution in [0.25, 0.3) is 0 Å². The van der Waals surface area contributed by atoms with E-state index >= 15 is 0 Å². The van der Waals surface area contributed by atoms with Crippen molar-refractivity contribution in [3.05, 3.63) is 94.5 Å². The minimum atomic E-state index is -4.53. The molecule has 0 radical (unpaired) electrons. The second-order valence-electron chi connectivity index (χ2n) is 6.71. The maximum absolute atomic E-state index is 12.9. The van der Waals surface area contributed by atoms with Crippen molar-refractivity contribution in [1.29, 1.82) is 0 Å². The smallest absolute Gasteiger partial charge is 0.416 e. The number of carbonyl (C=O) groups excluding carboxylic acids is 1. The van der Waals surface area contributed by atoms with Crippen molar-refractivity contribution < 1.29 is 22.7 Å². The van der Waals surface area contributed by atoms with Gasteiger partial charge < -0.3 is 10.1 Å². The molecule has 0 unspecified atom stereocenters. The third-order valence-electron chi connectivity index (χ3n) is 4.39. The van der Waals surface area contributed by atoms with Gasteiger partial charge in [-0.2, -0.15) is 13.2 Å². The molecule has 0 aliphatic carbocycles. The molecule has 0 aliphatic heterocycles. The zero-order chi connectivity index (χ0) is 23.1. The highest BCUT2D eigenvalue weighted by molar-refractivity contribution is 7.80. The Hall–Kier alpha value is -3.10. The van der Waals surface area contributed by atoms with Gasteiger partial charge in [-0.1, -0.05) is 41.9 Å². The van der Waals surface area contributed by atoms with Crippen LogP contribution in [0.2, 0.25) is 5.02 Å². The first-order valence-electron chi connectivity index (χ1n) is 9.48. The molecule has 1 amide bonds. The van der Waals surface area contributed by atoms with E-state index < -0.39 is 17.6 Å². The number of carbonyl (C=O) groups is 1. The predicted octanol–water partition coefficient (Wildman–Crippen LogP) is 6.11. The Morgan fingerprint density at radius 1 is 1.00 bits per heavy atom. The molecule has 0 saturated heterocycles. The lowest BCUT2D eigenvalue weighted by atomic mass is 10.2. The maximum atomic E-state index is 12.9.